The van der Waals surface area contributed by atoms with Crippen molar-refractivity contribution in [3.63, 3.8) is 0 Å². The van der Waals surface area contributed by atoms with E-state index in [-0.39, 0.29) is 11.6 Å². The van der Waals surface area contributed by atoms with Gasteiger partial charge in [-0.3, -0.25) is 14.9 Å². The lowest BCUT2D eigenvalue weighted by Gasteiger charge is -2.15. The molecule has 0 fully saturated rings. The van der Waals surface area contributed by atoms with Gasteiger partial charge in [0, 0.05) is 22.7 Å². The van der Waals surface area contributed by atoms with Crippen molar-refractivity contribution in [3.8, 4) is 5.75 Å². The maximum Gasteiger partial charge on any atom is 0.269 e. The summed E-state index contributed by atoms with van der Waals surface area (Å²) in [6.07, 6.45) is 1.29. The number of hydrogen-bond acceptors (Lipinski definition) is 5. The Morgan fingerprint density at radius 1 is 1.17 bits per heavy atom. The van der Waals surface area contributed by atoms with Gasteiger partial charge in [0.05, 0.1) is 4.92 Å². The van der Waals surface area contributed by atoms with Crippen molar-refractivity contribution in [1.82, 2.24) is 0 Å². The van der Waals surface area contributed by atoms with Gasteiger partial charge in [0.25, 0.3) is 11.6 Å². The number of non-ortho nitro benzene ring substituents is 1. The van der Waals surface area contributed by atoms with Gasteiger partial charge in [-0.2, -0.15) is 0 Å². The van der Waals surface area contributed by atoms with Gasteiger partial charge in [-0.15, -0.1) is 11.8 Å². The van der Waals surface area contributed by atoms with E-state index in [2.05, 4.69) is 5.32 Å². The van der Waals surface area contributed by atoms with E-state index in [9.17, 15) is 14.9 Å². The average molecular weight is 332 g/mol. The second-order valence-electron chi connectivity index (χ2n) is 4.73. The van der Waals surface area contributed by atoms with Gasteiger partial charge in [-0.1, -0.05) is 0 Å². The molecule has 7 heteroatoms. The molecule has 2 aromatic carbocycles. The van der Waals surface area contributed by atoms with Gasteiger partial charge in [-0.25, -0.2) is 0 Å². The summed E-state index contributed by atoms with van der Waals surface area (Å²) in [6.45, 7) is 1.64. The highest BCUT2D eigenvalue weighted by molar-refractivity contribution is 7.98. The first-order chi connectivity index (χ1) is 11.0. The number of carbonyl (C=O) groups is 1. The normalized spacial score (nSPS) is 11.6. The first-order valence-corrected chi connectivity index (χ1v) is 8.08. The number of hydrogen-bond donors (Lipinski definition) is 1. The van der Waals surface area contributed by atoms with Crippen LogP contribution in [0, 0.1) is 10.1 Å². The summed E-state index contributed by atoms with van der Waals surface area (Å²) in [5.41, 5.74) is 0.454. The monoisotopic (exact) mass is 332 g/mol. The molecule has 0 aliphatic rings. The first kappa shape index (κ1) is 16.8. The lowest BCUT2D eigenvalue weighted by atomic mass is 10.2. The van der Waals surface area contributed by atoms with E-state index in [0.29, 0.717) is 11.4 Å². The maximum absolute atomic E-state index is 12.1. The maximum atomic E-state index is 12.1. The third-order valence-electron chi connectivity index (χ3n) is 3.09. The Kier molecular flexibility index (Phi) is 5.59. The minimum atomic E-state index is -0.690. The summed E-state index contributed by atoms with van der Waals surface area (Å²) in [6, 6.07) is 13.1. The summed E-state index contributed by atoms with van der Waals surface area (Å²) in [5.74, 6) is 0.280. The van der Waals surface area contributed by atoms with Crippen LogP contribution >= 0.6 is 11.8 Å². The largest absolute Gasteiger partial charge is 0.481 e. The van der Waals surface area contributed by atoms with E-state index in [4.69, 9.17) is 4.74 Å². The number of rotatable bonds is 6. The average Bonchev–Trinajstić information content (AvgIpc) is 2.56. The summed E-state index contributed by atoms with van der Waals surface area (Å²) < 4.78 is 5.58. The summed E-state index contributed by atoms with van der Waals surface area (Å²) in [5, 5.41) is 13.2. The number of nitro groups is 1. The van der Waals surface area contributed by atoms with Crippen LogP contribution in [0.3, 0.4) is 0 Å². The predicted octanol–water partition coefficient (Wildman–Crippen LogP) is 3.72. The topological polar surface area (TPSA) is 81.5 Å². The Labute approximate surface area is 138 Å². The van der Waals surface area contributed by atoms with Crippen molar-refractivity contribution in [2.75, 3.05) is 11.6 Å². The molecule has 1 N–H and O–H groups in total. The number of thioether (sulfide) groups is 1. The van der Waals surface area contributed by atoms with Gasteiger partial charge in [-0.05, 0) is 49.6 Å². The molecule has 23 heavy (non-hydrogen) atoms. The SMILES string of the molecule is CSc1ccc(OC(C)C(=O)Nc2ccc([N+](=O)[O-])cc2)cc1. The Hall–Kier alpha value is -2.54. The van der Waals surface area contributed by atoms with Gasteiger partial charge in [0.2, 0.25) is 0 Å². The smallest absolute Gasteiger partial charge is 0.269 e. The van der Waals surface area contributed by atoms with Crippen LogP contribution in [-0.2, 0) is 4.79 Å². The van der Waals surface area contributed by atoms with E-state index in [1.54, 1.807) is 18.7 Å². The zero-order valence-corrected chi connectivity index (χ0v) is 13.5. The van der Waals surface area contributed by atoms with Crippen LogP contribution in [0.4, 0.5) is 11.4 Å². The minimum absolute atomic E-state index is 0.0267. The zero-order valence-electron chi connectivity index (χ0n) is 12.7. The number of amides is 1. The predicted molar refractivity (Wildman–Crippen MR) is 90.0 cm³/mol. The molecule has 1 unspecified atom stereocenters. The van der Waals surface area contributed by atoms with Crippen molar-refractivity contribution < 1.29 is 14.5 Å². The highest BCUT2D eigenvalue weighted by Crippen LogP contribution is 2.20. The molecule has 1 amide bonds. The quantitative estimate of drug-likeness (QED) is 0.495. The van der Waals surface area contributed by atoms with Crippen molar-refractivity contribution in [3.05, 3.63) is 58.6 Å². The lowest BCUT2D eigenvalue weighted by Crippen LogP contribution is -2.30. The van der Waals surface area contributed by atoms with E-state index >= 15 is 0 Å². The second-order valence-corrected chi connectivity index (χ2v) is 5.61. The molecule has 0 radical (unpaired) electrons. The molecular formula is C16H16N2O4S. The Balaban J connectivity index is 1.94. The third kappa shape index (κ3) is 4.72. The molecule has 6 nitrogen and oxygen atoms in total. The van der Waals surface area contributed by atoms with E-state index in [0.717, 1.165) is 4.90 Å². The molecule has 0 saturated heterocycles. The Morgan fingerprint density at radius 2 is 1.78 bits per heavy atom. The molecule has 120 valence electrons. The minimum Gasteiger partial charge on any atom is -0.481 e. The molecule has 0 spiro atoms. The molecule has 0 aliphatic heterocycles. The fourth-order valence-electron chi connectivity index (χ4n) is 1.82. The Bertz CT molecular complexity index is 686. The molecule has 1 atom stereocenters. The van der Waals surface area contributed by atoms with Crippen LogP contribution in [0.15, 0.2) is 53.4 Å². The number of nitro benzene ring substituents is 1. The molecular weight excluding hydrogens is 316 g/mol. The van der Waals surface area contributed by atoms with Crippen molar-refractivity contribution in [1.29, 1.82) is 0 Å². The van der Waals surface area contributed by atoms with Gasteiger partial charge in [0.15, 0.2) is 6.10 Å². The summed E-state index contributed by atoms with van der Waals surface area (Å²) in [7, 11) is 0. The summed E-state index contributed by atoms with van der Waals surface area (Å²) >= 11 is 1.62. The molecule has 2 rings (SSSR count). The van der Waals surface area contributed by atoms with Crippen LogP contribution in [0.2, 0.25) is 0 Å². The third-order valence-corrected chi connectivity index (χ3v) is 3.83. The van der Waals surface area contributed by atoms with E-state index in [1.807, 2.05) is 30.5 Å². The number of benzene rings is 2. The van der Waals surface area contributed by atoms with Crippen LogP contribution < -0.4 is 10.1 Å². The highest BCUT2D eigenvalue weighted by Gasteiger charge is 2.15. The van der Waals surface area contributed by atoms with Crippen molar-refractivity contribution in [2.45, 2.75) is 17.9 Å². The number of ether oxygens (including phenoxy) is 1. The van der Waals surface area contributed by atoms with Crippen LogP contribution in [0.25, 0.3) is 0 Å². The van der Waals surface area contributed by atoms with Crippen molar-refractivity contribution >= 4 is 29.0 Å². The zero-order chi connectivity index (χ0) is 16.8. The number of nitrogens with zero attached hydrogens (tertiary/aromatic N) is 1. The van der Waals surface area contributed by atoms with Crippen LogP contribution in [-0.4, -0.2) is 23.2 Å². The van der Waals surface area contributed by atoms with Crippen molar-refractivity contribution in [2.24, 2.45) is 0 Å². The number of anilines is 1. The Morgan fingerprint density at radius 3 is 2.30 bits per heavy atom. The molecule has 0 heterocycles. The molecule has 0 aliphatic carbocycles. The standard InChI is InChI=1S/C16H16N2O4S/c1-11(22-14-7-9-15(23-2)10-8-14)16(19)17-12-3-5-13(6-4-12)18(20)21/h3-11H,1-2H3,(H,17,19). The number of carbonyl (C=O) groups excluding carboxylic acids is 1. The molecule has 0 aromatic heterocycles. The van der Waals surface area contributed by atoms with E-state index in [1.165, 1.54) is 24.3 Å². The van der Waals surface area contributed by atoms with Gasteiger partial charge in [0.1, 0.15) is 5.75 Å². The second kappa shape index (κ2) is 7.64. The van der Waals surface area contributed by atoms with Crippen LogP contribution in [0.5, 0.6) is 5.75 Å². The van der Waals surface area contributed by atoms with E-state index < -0.39 is 11.0 Å². The highest BCUT2D eigenvalue weighted by atomic mass is 32.2. The molecule has 0 saturated carbocycles. The first-order valence-electron chi connectivity index (χ1n) is 6.85. The van der Waals surface area contributed by atoms with Gasteiger partial charge >= 0.3 is 0 Å². The van der Waals surface area contributed by atoms with Crippen LogP contribution in [0.1, 0.15) is 6.92 Å². The van der Waals surface area contributed by atoms with Gasteiger partial charge < -0.3 is 10.1 Å². The fourth-order valence-corrected chi connectivity index (χ4v) is 2.23. The molecule has 0 bridgehead atoms. The fraction of sp³-hybridized carbons (Fsp3) is 0.188. The summed E-state index contributed by atoms with van der Waals surface area (Å²) in [4.78, 5) is 23.3. The lowest BCUT2D eigenvalue weighted by molar-refractivity contribution is -0.384. The number of nitrogens with one attached hydrogen (secondary N) is 1. The molecule has 2 aromatic rings.